The Morgan fingerprint density at radius 3 is 2.76 bits per heavy atom. The van der Waals surface area contributed by atoms with Gasteiger partial charge in [-0.3, -0.25) is 4.79 Å². The van der Waals surface area contributed by atoms with Crippen LogP contribution >= 0.6 is 0 Å². The lowest BCUT2D eigenvalue weighted by Gasteiger charge is -2.26. The van der Waals surface area contributed by atoms with Gasteiger partial charge in [0.25, 0.3) is 5.91 Å². The van der Waals surface area contributed by atoms with Gasteiger partial charge in [-0.05, 0) is 26.0 Å². The van der Waals surface area contributed by atoms with Crippen molar-refractivity contribution in [3.05, 3.63) is 18.2 Å². The van der Waals surface area contributed by atoms with Crippen molar-refractivity contribution in [3.63, 3.8) is 0 Å². The quantitative estimate of drug-likeness (QED) is 0.854. The van der Waals surface area contributed by atoms with Crippen molar-refractivity contribution in [2.75, 3.05) is 13.2 Å². The van der Waals surface area contributed by atoms with E-state index in [1.165, 1.54) is 0 Å². The van der Waals surface area contributed by atoms with E-state index in [0.717, 1.165) is 0 Å². The van der Waals surface area contributed by atoms with Crippen LogP contribution in [0.5, 0.6) is 17.2 Å². The molecule has 1 aromatic carbocycles. The Kier molecular flexibility index (Phi) is 2.83. The third-order valence-corrected chi connectivity index (χ3v) is 2.49. The molecule has 1 aliphatic rings. The molecule has 0 unspecified atom stereocenters. The van der Waals surface area contributed by atoms with E-state index in [1.807, 2.05) is 0 Å². The van der Waals surface area contributed by atoms with Gasteiger partial charge < -0.3 is 19.9 Å². The number of rotatable bonds is 3. The summed E-state index contributed by atoms with van der Waals surface area (Å²) in [6.07, 6.45) is 0. The first-order valence-corrected chi connectivity index (χ1v) is 5.38. The Bertz CT molecular complexity index is 442. The van der Waals surface area contributed by atoms with Gasteiger partial charge in [0.05, 0.1) is 0 Å². The Balaban J connectivity index is 2.30. The third kappa shape index (κ3) is 2.27. The molecule has 0 aromatic heterocycles. The number of para-hydroxylation sites is 1. The highest BCUT2D eigenvalue weighted by Crippen LogP contribution is 2.40. The maximum Gasteiger partial charge on any atom is 0.261 e. The second-order valence-corrected chi connectivity index (χ2v) is 4.26. The molecule has 0 aliphatic carbocycles. The maximum atomic E-state index is 11.2. The molecule has 1 aromatic rings. The average molecular weight is 237 g/mol. The molecule has 1 amide bonds. The summed E-state index contributed by atoms with van der Waals surface area (Å²) in [5.74, 6) is 1.07. The van der Waals surface area contributed by atoms with Gasteiger partial charge in [-0.2, -0.15) is 0 Å². The van der Waals surface area contributed by atoms with Crippen molar-refractivity contribution in [1.29, 1.82) is 0 Å². The number of ether oxygens (including phenoxy) is 3. The third-order valence-electron chi connectivity index (χ3n) is 2.49. The molecule has 0 radical (unpaired) electrons. The van der Waals surface area contributed by atoms with E-state index in [-0.39, 0.29) is 0 Å². The van der Waals surface area contributed by atoms with E-state index < -0.39 is 11.5 Å². The first-order chi connectivity index (χ1) is 8.00. The second-order valence-electron chi connectivity index (χ2n) is 4.26. The molecule has 1 heterocycles. The largest absolute Gasteiger partial charge is 0.486 e. The number of fused-ring (bicyclic) bond motifs is 1. The normalized spacial score (nSPS) is 14.2. The first kappa shape index (κ1) is 11.6. The van der Waals surface area contributed by atoms with Crippen molar-refractivity contribution in [3.8, 4) is 17.2 Å². The molecule has 0 saturated heterocycles. The fourth-order valence-electron chi connectivity index (χ4n) is 1.45. The van der Waals surface area contributed by atoms with Gasteiger partial charge in [-0.1, -0.05) is 6.07 Å². The smallest absolute Gasteiger partial charge is 0.261 e. The molecule has 2 rings (SSSR count). The summed E-state index contributed by atoms with van der Waals surface area (Å²) in [4.78, 5) is 11.2. The van der Waals surface area contributed by atoms with Crippen LogP contribution in [0, 0.1) is 0 Å². The molecule has 0 saturated carbocycles. The zero-order valence-electron chi connectivity index (χ0n) is 9.86. The molecular formula is C12H15NO4. The Morgan fingerprint density at radius 1 is 1.35 bits per heavy atom. The monoisotopic (exact) mass is 237 g/mol. The lowest BCUT2D eigenvalue weighted by atomic mass is 10.1. The Hall–Kier alpha value is -1.91. The number of nitrogens with two attached hydrogens (primary N) is 1. The molecule has 0 fully saturated rings. The summed E-state index contributed by atoms with van der Waals surface area (Å²) >= 11 is 0. The van der Waals surface area contributed by atoms with Crippen LogP contribution in [-0.4, -0.2) is 24.7 Å². The highest BCUT2D eigenvalue weighted by molar-refractivity contribution is 5.83. The number of benzene rings is 1. The summed E-state index contributed by atoms with van der Waals surface area (Å²) in [6, 6.07) is 5.29. The van der Waals surface area contributed by atoms with Gasteiger partial charge in [0.15, 0.2) is 17.1 Å². The summed E-state index contributed by atoms with van der Waals surface area (Å²) < 4.78 is 16.5. The minimum Gasteiger partial charge on any atom is -0.486 e. The fourth-order valence-corrected chi connectivity index (χ4v) is 1.45. The summed E-state index contributed by atoms with van der Waals surface area (Å²) in [5.41, 5.74) is 4.17. The molecule has 0 spiro atoms. The maximum absolute atomic E-state index is 11.2. The van der Waals surface area contributed by atoms with E-state index in [4.69, 9.17) is 19.9 Å². The minimum absolute atomic E-state index is 0.463. The highest BCUT2D eigenvalue weighted by atomic mass is 16.6. The molecular weight excluding hydrogens is 222 g/mol. The van der Waals surface area contributed by atoms with Crippen molar-refractivity contribution in [1.82, 2.24) is 0 Å². The molecule has 5 heteroatoms. The highest BCUT2D eigenvalue weighted by Gasteiger charge is 2.29. The van der Waals surface area contributed by atoms with Gasteiger partial charge in [-0.15, -0.1) is 0 Å². The number of primary amides is 1. The number of amides is 1. The molecule has 17 heavy (non-hydrogen) atoms. The van der Waals surface area contributed by atoms with Crippen LogP contribution in [0.15, 0.2) is 18.2 Å². The van der Waals surface area contributed by atoms with Crippen LogP contribution in [0.2, 0.25) is 0 Å². The van der Waals surface area contributed by atoms with Crippen molar-refractivity contribution in [2.45, 2.75) is 19.4 Å². The van der Waals surface area contributed by atoms with Gasteiger partial charge >= 0.3 is 0 Å². The molecule has 0 bridgehead atoms. The van der Waals surface area contributed by atoms with Gasteiger partial charge in [-0.25, -0.2) is 0 Å². The van der Waals surface area contributed by atoms with E-state index in [2.05, 4.69) is 0 Å². The van der Waals surface area contributed by atoms with Crippen LogP contribution < -0.4 is 19.9 Å². The second kappa shape index (κ2) is 4.16. The molecule has 0 atom stereocenters. The number of hydrogen-bond donors (Lipinski definition) is 1. The molecule has 2 N–H and O–H groups in total. The fraction of sp³-hybridized carbons (Fsp3) is 0.417. The van der Waals surface area contributed by atoms with Crippen LogP contribution in [0.25, 0.3) is 0 Å². The standard InChI is InChI=1S/C12H15NO4/c1-12(2,11(13)14)17-9-5-3-4-8-10(9)16-7-6-15-8/h3-5H,6-7H2,1-2H3,(H2,13,14). The lowest BCUT2D eigenvalue weighted by molar-refractivity contribution is -0.130. The van der Waals surface area contributed by atoms with Crippen LogP contribution in [-0.2, 0) is 4.79 Å². The van der Waals surface area contributed by atoms with Gasteiger partial charge in [0.1, 0.15) is 13.2 Å². The lowest BCUT2D eigenvalue weighted by Crippen LogP contribution is -2.43. The first-order valence-electron chi connectivity index (χ1n) is 5.38. The Morgan fingerprint density at radius 2 is 2.06 bits per heavy atom. The SMILES string of the molecule is CC(C)(Oc1cccc2c1OCCO2)C(N)=O. The zero-order chi connectivity index (χ0) is 12.5. The topological polar surface area (TPSA) is 70.8 Å². The molecule has 1 aliphatic heterocycles. The van der Waals surface area contributed by atoms with Crippen LogP contribution in [0.3, 0.4) is 0 Å². The summed E-state index contributed by atoms with van der Waals surface area (Å²) in [7, 11) is 0. The van der Waals surface area contributed by atoms with Crippen molar-refractivity contribution in [2.24, 2.45) is 5.73 Å². The van der Waals surface area contributed by atoms with Crippen LogP contribution in [0.1, 0.15) is 13.8 Å². The van der Waals surface area contributed by atoms with Gasteiger partial charge in [0, 0.05) is 0 Å². The van der Waals surface area contributed by atoms with Gasteiger partial charge in [0.2, 0.25) is 5.75 Å². The van der Waals surface area contributed by atoms with E-state index >= 15 is 0 Å². The zero-order valence-corrected chi connectivity index (χ0v) is 9.86. The van der Waals surface area contributed by atoms with Crippen molar-refractivity contribution < 1.29 is 19.0 Å². The summed E-state index contributed by atoms with van der Waals surface area (Å²) in [5, 5.41) is 0. The Labute approximate surface area is 99.5 Å². The molecule has 92 valence electrons. The predicted molar refractivity (Wildman–Crippen MR) is 61.3 cm³/mol. The minimum atomic E-state index is -1.09. The van der Waals surface area contributed by atoms with E-state index in [1.54, 1.807) is 32.0 Å². The summed E-state index contributed by atoms with van der Waals surface area (Å²) in [6.45, 7) is 4.19. The van der Waals surface area contributed by atoms with E-state index in [0.29, 0.717) is 30.5 Å². The van der Waals surface area contributed by atoms with Crippen molar-refractivity contribution >= 4 is 5.91 Å². The molecule has 5 nitrogen and oxygen atoms in total. The van der Waals surface area contributed by atoms with E-state index in [9.17, 15) is 4.79 Å². The van der Waals surface area contributed by atoms with Crippen LogP contribution in [0.4, 0.5) is 0 Å². The number of carbonyl (C=O) groups is 1. The average Bonchev–Trinajstić information content (AvgIpc) is 2.29. The number of hydrogen-bond acceptors (Lipinski definition) is 4. The predicted octanol–water partition coefficient (Wildman–Crippen LogP) is 1.10. The number of carbonyl (C=O) groups excluding carboxylic acids is 1.